The van der Waals surface area contributed by atoms with Crippen LogP contribution in [-0.4, -0.2) is 19.0 Å². The number of halogens is 2. The number of hydrogen-bond acceptors (Lipinski definition) is 4. The molecular weight excluding hydrogens is 291 g/mol. The highest BCUT2D eigenvalue weighted by Gasteiger charge is 2.28. The van der Waals surface area contributed by atoms with Crippen molar-refractivity contribution in [3.8, 4) is 0 Å². The van der Waals surface area contributed by atoms with E-state index in [0.29, 0.717) is 5.56 Å². The van der Waals surface area contributed by atoms with E-state index in [1.54, 1.807) is 18.2 Å². The predicted molar refractivity (Wildman–Crippen MR) is 72.1 cm³/mol. The van der Waals surface area contributed by atoms with Gasteiger partial charge in [0.1, 0.15) is 0 Å². The highest BCUT2D eigenvalue weighted by molar-refractivity contribution is 6.36. The molecule has 0 aromatic heterocycles. The lowest BCUT2D eigenvalue weighted by atomic mass is 10.0. The van der Waals surface area contributed by atoms with Gasteiger partial charge in [0.15, 0.2) is 6.10 Å². The highest BCUT2D eigenvalue weighted by Crippen LogP contribution is 2.36. The van der Waals surface area contributed by atoms with Crippen molar-refractivity contribution in [1.29, 1.82) is 0 Å². The number of esters is 2. The van der Waals surface area contributed by atoms with E-state index >= 15 is 0 Å². The fourth-order valence-electron chi connectivity index (χ4n) is 1.47. The molecule has 1 unspecified atom stereocenters. The van der Waals surface area contributed by atoms with Crippen LogP contribution < -0.4 is 0 Å². The van der Waals surface area contributed by atoms with Gasteiger partial charge in [0, 0.05) is 22.5 Å². The molecule has 0 aliphatic carbocycles. The normalized spacial score (nSPS) is 11.6. The van der Waals surface area contributed by atoms with Gasteiger partial charge in [-0.05, 0) is 12.1 Å². The summed E-state index contributed by atoms with van der Waals surface area (Å²) >= 11 is 12.1. The van der Waals surface area contributed by atoms with Crippen LogP contribution in [0, 0.1) is 0 Å². The Bertz CT molecular complexity index is 505. The minimum absolute atomic E-state index is 0.0623. The average Bonchev–Trinajstić information content (AvgIpc) is 2.35. The molecule has 0 heterocycles. The number of rotatable bonds is 4. The van der Waals surface area contributed by atoms with E-state index in [4.69, 9.17) is 27.9 Å². The maximum Gasteiger partial charge on any atom is 0.337 e. The summed E-state index contributed by atoms with van der Waals surface area (Å²) in [5, 5.41) is 0.535. The number of carbonyl (C=O) groups excluding carboxylic acids is 2. The molecule has 0 saturated heterocycles. The zero-order chi connectivity index (χ0) is 14.6. The largest absolute Gasteiger partial charge is 0.466 e. The van der Waals surface area contributed by atoms with Crippen molar-refractivity contribution in [2.24, 2.45) is 0 Å². The van der Waals surface area contributed by atoms with Gasteiger partial charge in [0.2, 0.25) is 0 Å². The van der Waals surface area contributed by atoms with Crippen molar-refractivity contribution in [3.63, 3.8) is 0 Å². The van der Waals surface area contributed by atoms with Gasteiger partial charge in [-0.3, -0.25) is 4.79 Å². The Hall–Kier alpha value is -1.52. The molecule has 0 amide bonds. The summed E-state index contributed by atoms with van der Waals surface area (Å²) in [7, 11) is 1.20. The second-order valence-electron chi connectivity index (χ2n) is 3.64. The van der Waals surface area contributed by atoms with E-state index < -0.39 is 18.0 Å². The number of hydrogen-bond donors (Lipinski definition) is 0. The van der Waals surface area contributed by atoms with Crippen molar-refractivity contribution < 1.29 is 19.1 Å². The molecule has 0 fully saturated rings. The third-order valence-corrected chi connectivity index (χ3v) is 2.97. The first kappa shape index (κ1) is 15.5. The number of ether oxygens (including phenoxy) is 2. The molecule has 0 aliphatic rings. The van der Waals surface area contributed by atoms with E-state index in [9.17, 15) is 9.59 Å². The quantitative estimate of drug-likeness (QED) is 0.632. The topological polar surface area (TPSA) is 52.6 Å². The van der Waals surface area contributed by atoms with Gasteiger partial charge in [0.25, 0.3) is 0 Å². The SMILES string of the molecule is C=C(C(=O)OC)C(OC(C)=O)c1c(Cl)cccc1Cl. The molecular formula is C13H12Cl2O4. The molecule has 1 aromatic rings. The van der Waals surface area contributed by atoms with Gasteiger partial charge in [0.05, 0.1) is 12.7 Å². The first-order chi connectivity index (χ1) is 8.88. The first-order valence-electron chi connectivity index (χ1n) is 5.26. The second-order valence-corrected chi connectivity index (χ2v) is 4.46. The molecule has 0 radical (unpaired) electrons. The lowest BCUT2D eigenvalue weighted by Crippen LogP contribution is -2.18. The van der Waals surface area contributed by atoms with Crippen molar-refractivity contribution >= 4 is 35.1 Å². The molecule has 0 aliphatic heterocycles. The Kier molecular flexibility index (Phi) is 5.39. The fourth-order valence-corrected chi connectivity index (χ4v) is 2.07. The standard InChI is InChI=1S/C13H12Cl2O4/c1-7(13(17)18-3)12(19-8(2)16)11-9(14)5-4-6-10(11)15/h4-6,12H,1H2,2-3H3. The van der Waals surface area contributed by atoms with E-state index in [2.05, 4.69) is 11.3 Å². The summed E-state index contributed by atoms with van der Waals surface area (Å²) in [6.45, 7) is 4.78. The molecule has 1 atom stereocenters. The molecule has 1 aromatic carbocycles. The van der Waals surface area contributed by atoms with Crippen LogP contribution in [0.25, 0.3) is 0 Å². The van der Waals surface area contributed by atoms with Crippen LogP contribution in [0.2, 0.25) is 10.0 Å². The van der Waals surface area contributed by atoms with Gasteiger partial charge in [-0.1, -0.05) is 35.8 Å². The number of methoxy groups -OCH3 is 1. The molecule has 1 rings (SSSR count). The van der Waals surface area contributed by atoms with Gasteiger partial charge in [-0.2, -0.15) is 0 Å². The summed E-state index contributed by atoms with van der Waals surface area (Å²) in [6, 6.07) is 4.79. The fraction of sp³-hybridized carbons (Fsp3) is 0.231. The molecule has 19 heavy (non-hydrogen) atoms. The van der Waals surface area contributed by atoms with Crippen LogP contribution in [0.3, 0.4) is 0 Å². The Morgan fingerprint density at radius 2 is 1.79 bits per heavy atom. The zero-order valence-electron chi connectivity index (χ0n) is 10.4. The zero-order valence-corrected chi connectivity index (χ0v) is 11.9. The Morgan fingerprint density at radius 3 is 2.21 bits per heavy atom. The third kappa shape index (κ3) is 3.72. The average molecular weight is 303 g/mol. The Balaban J connectivity index is 3.28. The summed E-state index contributed by atoms with van der Waals surface area (Å²) in [6.07, 6.45) is -1.08. The van der Waals surface area contributed by atoms with Crippen LogP contribution in [0.4, 0.5) is 0 Å². The van der Waals surface area contributed by atoms with Gasteiger partial charge >= 0.3 is 11.9 Å². The smallest absolute Gasteiger partial charge is 0.337 e. The summed E-state index contributed by atoms with van der Waals surface area (Å²) < 4.78 is 9.63. The van der Waals surface area contributed by atoms with Gasteiger partial charge in [-0.15, -0.1) is 0 Å². The lowest BCUT2D eigenvalue weighted by molar-refractivity contribution is -0.147. The summed E-state index contributed by atoms with van der Waals surface area (Å²) in [5.41, 5.74) is 0.240. The molecule has 0 bridgehead atoms. The molecule has 0 spiro atoms. The molecule has 0 N–H and O–H groups in total. The molecule has 102 valence electrons. The van der Waals surface area contributed by atoms with E-state index in [1.807, 2.05) is 0 Å². The molecule has 6 heteroatoms. The highest BCUT2D eigenvalue weighted by atomic mass is 35.5. The molecule has 0 saturated carbocycles. The maximum atomic E-state index is 11.5. The molecule has 4 nitrogen and oxygen atoms in total. The van der Waals surface area contributed by atoms with Crippen LogP contribution in [0.15, 0.2) is 30.4 Å². The van der Waals surface area contributed by atoms with E-state index in [0.717, 1.165) is 0 Å². The van der Waals surface area contributed by atoms with Gasteiger partial charge < -0.3 is 9.47 Å². The maximum absolute atomic E-state index is 11.5. The van der Waals surface area contributed by atoms with Crippen LogP contribution in [0.1, 0.15) is 18.6 Å². The second kappa shape index (κ2) is 6.59. The van der Waals surface area contributed by atoms with E-state index in [1.165, 1.54) is 14.0 Å². The number of carbonyl (C=O) groups is 2. The van der Waals surface area contributed by atoms with Crippen molar-refractivity contribution in [1.82, 2.24) is 0 Å². The van der Waals surface area contributed by atoms with Crippen LogP contribution >= 0.6 is 23.2 Å². The van der Waals surface area contributed by atoms with Gasteiger partial charge in [-0.25, -0.2) is 4.79 Å². The first-order valence-corrected chi connectivity index (χ1v) is 6.02. The van der Waals surface area contributed by atoms with E-state index in [-0.39, 0.29) is 15.6 Å². The number of benzene rings is 1. The van der Waals surface area contributed by atoms with Crippen LogP contribution in [-0.2, 0) is 19.1 Å². The Labute approximate surface area is 120 Å². The van der Waals surface area contributed by atoms with Crippen molar-refractivity contribution in [2.75, 3.05) is 7.11 Å². The van der Waals surface area contributed by atoms with Crippen molar-refractivity contribution in [2.45, 2.75) is 13.0 Å². The third-order valence-electron chi connectivity index (χ3n) is 2.31. The van der Waals surface area contributed by atoms with Crippen LogP contribution in [0.5, 0.6) is 0 Å². The minimum atomic E-state index is -1.08. The lowest BCUT2D eigenvalue weighted by Gasteiger charge is -2.20. The predicted octanol–water partition coefficient (Wildman–Crippen LogP) is 3.33. The minimum Gasteiger partial charge on any atom is -0.466 e. The Morgan fingerprint density at radius 1 is 1.26 bits per heavy atom. The summed E-state index contributed by atoms with van der Waals surface area (Å²) in [5.74, 6) is -1.30. The van der Waals surface area contributed by atoms with Crippen molar-refractivity contribution in [3.05, 3.63) is 46.0 Å². The summed E-state index contributed by atoms with van der Waals surface area (Å²) in [4.78, 5) is 22.7. The monoisotopic (exact) mass is 302 g/mol.